The van der Waals surface area contributed by atoms with Crippen LogP contribution in [0.4, 0.5) is 5.69 Å². The molecule has 3 heterocycles. The summed E-state index contributed by atoms with van der Waals surface area (Å²) in [4.78, 5) is 30.5. The minimum absolute atomic E-state index is 0.0334. The second-order valence-corrected chi connectivity index (χ2v) is 8.31. The molecule has 2 aromatic heterocycles. The minimum atomic E-state index is -0.149. The van der Waals surface area contributed by atoms with E-state index in [-0.39, 0.29) is 11.8 Å². The van der Waals surface area contributed by atoms with E-state index >= 15 is 0 Å². The van der Waals surface area contributed by atoms with Crippen molar-refractivity contribution >= 4 is 28.5 Å². The molecule has 0 bridgehead atoms. The summed E-state index contributed by atoms with van der Waals surface area (Å²) in [7, 11) is 1.85. The second kappa shape index (κ2) is 9.07. The first-order valence-corrected chi connectivity index (χ1v) is 11.2. The Labute approximate surface area is 197 Å². The number of rotatable bonds is 4. The van der Waals surface area contributed by atoms with Crippen LogP contribution in [-0.4, -0.2) is 57.8 Å². The number of nitrogens with one attached hydrogen (secondary N) is 1. The summed E-state index contributed by atoms with van der Waals surface area (Å²) in [5, 5.41) is 8.33. The van der Waals surface area contributed by atoms with E-state index in [1.165, 1.54) is 6.92 Å². The lowest BCUT2D eigenvalue weighted by atomic mass is 9.99. The predicted molar refractivity (Wildman–Crippen MR) is 130 cm³/mol. The van der Waals surface area contributed by atoms with Crippen LogP contribution in [0.1, 0.15) is 17.3 Å². The van der Waals surface area contributed by atoms with Gasteiger partial charge in [-0.05, 0) is 35.4 Å². The molecule has 1 saturated heterocycles. The lowest BCUT2D eigenvalue weighted by Crippen LogP contribution is -2.40. The van der Waals surface area contributed by atoms with Gasteiger partial charge in [-0.25, -0.2) is 9.67 Å². The first kappa shape index (κ1) is 21.8. The lowest BCUT2D eigenvalue weighted by molar-refractivity contribution is -0.114. The normalized spacial score (nSPS) is 13.8. The molecule has 0 radical (unpaired) electrons. The fourth-order valence-electron chi connectivity index (χ4n) is 4.23. The van der Waals surface area contributed by atoms with Crippen molar-refractivity contribution in [1.82, 2.24) is 19.7 Å². The van der Waals surface area contributed by atoms with E-state index in [1.54, 1.807) is 10.9 Å². The van der Waals surface area contributed by atoms with Crippen molar-refractivity contribution < 1.29 is 14.3 Å². The number of hydrogen-bond acceptors (Lipinski definition) is 5. The van der Waals surface area contributed by atoms with Gasteiger partial charge in [0.2, 0.25) is 5.91 Å². The quantitative estimate of drug-likeness (QED) is 0.507. The van der Waals surface area contributed by atoms with Gasteiger partial charge < -0.3 is 15.0 Å². The average Bonchev–Trinajstić information content (AvgIpc) is 3.19. The highest BCUT2D eigenvalue weighted by atomic mass is 16.5. The van der Waals surface area contributed by atoms with Crippen LogP contribution < -0.4 is 5.32 Å². The first-order valence-electron chi connectivity index (χ1n) is 11.2. The third-order valence-electron chi connectivity index (χ3n) is 5.90. The van der Waals surface area contributed by atoms with Crippen LogP contribution in [0.5, 0.6) is 0 Å². The zero-order valence-electron chi connectivity index (χ0n) is 19.1. The number of pyridine rings is 1. The summed E-state index contributed by atoms with van der Waals surface area (Å²) in [6, 6.07) is 17.7. The van der Waals surface area contributed by atoms with E-state index in [4.69, 9.17) is 4.74 Å². The number of carbonyl (C=O) groups excluding carboxylic acids is 2. The Bertz CT molecular complexity index is 1370. The summed E-state index contributed by atoms with van der Waals surface area (Å²) in [6.07, 6.45) is 1.63. The monoisotopic (exact) mass is 455 g/mol. The van der Waals surface area contributed by atoms with Crippen molar-refractivity contribution in [1.29, 1.82) is 0 Å². The molecule has 8 heteroatoms. The number of anilines is 1. The minimum Gasteiger partial charge on any atom is -0.378 e. The molecule has 1 aliphatic rings. The van der Waals surface area contributed by atoms with E-state index in [0.717, 1.165) is 33.4 Å². The molecular weight excluding hydrogens is 430 g/mol. The maximum absolute atomic E-state index is 12.7. The molecule has 2 aromatic carbocycles. The van der Waals surface area contributed by atoms with Gasteiger partial charge in [0.05, 0.1) is 25.1 Å². The van der Waals surface area contributed by atoms with E-state index in [9.17, 15) is 9.59 Å². The highest BCUT2D eigenvalue weighted by molar-refractivity contribution is 5.97. The molecule has 34 heavy (non-hydrogen) atoms. The number of benzene rings is 2. The third-order valence-corrected chi connectivity index (χ3v) is 5.90. The molecule has 5 rings (SSSR count). The largest absolute Gasteiger partial charge is 0.378 e. The molecule has 2 amide bonds. The molecule has 0 spiro atoms. The predicted octanol–water partition coefficient (Wildman–Crippen LogP) is 3.73. The Hall–Kier alpha value is -4.04. The number of ether oxygens (including phenoxy) is 1. The third kappa shape index (κ3) is 4.27. The van der Waals surface area contributed by atoms with Gasteiger partial charge >= 0.3 is 0 Å². The summed E-state index contributed by atoms with van der Waals surface area (Å²) in [5.41, 5.74) is 5.81. The molecule has 1 aliphatic heterocycles. The van der Waals surface area contributed by atoms with Crippen LogP contribution in [0, 0.1) is 0 Å². The Morgan fingerprint density at radius 2 is 1.71 bits per heavy atom. The van der Waals surface area contributed by atoms with Crippen molar-refractivity contribution in [2.75, 3.05) is 31.6 Å². The van der Waals surface area contributed by atoms with Crippen LogP contribution in [0.15, 0.2) is 60.8 Å². The van der Waals surface area contributed by atoms with Crippen LogP contribution in [-0.2, 0) is 16.6 Å². The van der Waals surface area contributed by atoms with Gasteiger partial charge in [-0.1, -0.05) is 30.3 Å². The van der Waals surface area contributed by atoms with Gasteiger partial charge in [0.25, 0.3) is 5.91 Å². The van der Waals surface area contributed by atoms with E-state index < -0.39 is 0 Å². The van der Waals surface area contributed by atoms with Crippen LogP contribution in [0.3, 0.4) is 0 Å². The number of morpholine rings is 1. The van der Waals surface area contributed by atoms with Gasteiger partial charge in [-0.3, -0.25) is 9.59 Å². The van der Waals surface area contributed by atoms with Crippen LogP contribution >= 0.6 is 0 Å². The SMILES string of the molecule is CC(=O)Nc1cnc2c(c1)c(-c1cccc(-c3ccc(C(=O)N4CCOCC4)cc3)c1)nn2C. The number of fused-ring (bicyclic) bond motifs is 1. The Kier molecular flexibility index (Phi) is 5.81. The summed E-state index contributed by atoms with van der Waals surface area (Å²) in [5.74, 6) is -0.116. The topological polar surface area (TPSA) is 89.3 Å². The van der Waals surface area contributed by atoms with Gasteiger partial charge in [0.1, 0.15) is 5.69 Å². The van der Waals surface area contributed by atoms with Crippen LogP contribution in [0.25, 0.3) is 33.4 Å². The van der Waals surface area contributed by atoms with Gasteiger partial charge in [-0.15, -0.1) is 0 Å². The Morgan fingerprint density at radius 1 is 0.971 bits per heavy atom. The number of amides is 2. The molecule has 8 nitrogen and oxygen atoms in total. The van der Waals surface area contributed by atoms with Gasteiger partial charge in [0, 0.05) is 43.6 Å². The molecule has 0 atom stereocenters. The molecular formula is C26H25N5O3. The lowest BCUT2D eigenvalue weighted by Gasteiger charge is -2.26. The highest BCUT2D eigenvalue weighted by Gasteiger charge is 2.18. The van der Waals surface area contributed by atoms with Gasteiger partial charge in [0.15, 0.2) is 5.65 Å². The molecule has 0 saturated carbocycles. The second-order valence-electron chi connectivity index (χ2n) is 8.31. The van der Waals surface area contributed by atoms with Crippen LogP contribution in [0.2, 0.25) is 0 Å². The molecule has 0 unspecified atom stereocenters. The van der Waals surface area contributed by atoms with Crippen molar-refractivity contribution in [3.63, 3.8) is 0 Å². The molecule has 1 fully saturated rings. The summed E-state index contributed by atoms with van der Waals surface area (Å²) < 4.78 is 7.08. The first-order chi connectivity index (χ1) is 16.5. The van der Waals surface area contributed by atoms with E-state index in [1.807, 2.05) is 60.5 Å². The number of aromatic nitrogens is 3. The van der Waals surface area contributed by atoms with E-state index in [2.05, 4.69) is 21.5 Å². The highest BCUT2D eigenvalue weighted by Crippen LogP contribution is 2.31. The molecule has 0 aliphatic carbocycles. The number of aryl methyl sites for hydroxylation is 1. The van der Waals surface area contributed by atoms with Crippen molar-refractivity contribution in [3.8, 4) is 22.4 Å². The Morgan fingerprint density at radius 3 is 2.44 bits per heavy atom. The number of hydrogen-bond donors (Lipinski definition) is 1. The van der Waals surface area contributed by atoms with E-state index in [0.29, 0.717) is 37.6 Å². The zero-order chi connectivity index (χ0) is 23.7. The van der Waals surface area contributed by atoms with Crippen molar-refractivity contribution in [3.05, 3.63) is 66.4 Å². The fraction of sp³-hybridized carbons (Fsp3) is 0.231. The molecule has 4 aromatic rings. The fourth-order valence-corrected chi connectivity index (χ4v) is 4.23. The average molecular weight is 456 g/mol. The number of nitrogens with zero attached hydrogens (tertiary/aromatic N) is 4. The molecule has 1 N–H and O–H groups in total. The maximum Gasteiger partial charge on any atom is 0.254 e. The summed E-state index contributed by atoms with van der Waals surface area (Å²) in [6.45, 7) is 3.89. The van der Waals surface area contributed by atoms with Crippen molar-refractivity contribution in [2.24, 2.45) is 7.05 Å². The van der Waals surface area contributed by atoms with Gasteiger partial charge in [-0.2, -0.15) is 5.10 Å². The standard InChI is InChI=1S/C26H25N5O3/c1-17(32)28-22-15-23-24(29-30(2)25(23)27-16-22)21-5-3-4-20(14-21)18-6-8-19(9-7-18)26(33)31-10-12-34-13-11-31/h3-9,14-16H,10-13H2,1-2H3,(H,28,32). The Balaban J connectivity index is 1.45. The molecule has 172 valence electrons. The summed E-state index contributed by atoms with van der Waals surface area (Å²) >= 11 is 0. The number of carbonyl (C=O) groups is 2. The maximum atomic E-state index is 12.7. The van der Waals surface area contributed by atoms with Crippen molar-refractivity contribution in [2.45, 2.75) is 6.92 Å². The zero-order valence-corrected chi connectivity index (χ0v) is 19.1. The smallest absolute Gasteiger partial charge is 0.254 e.